The standard InChI is InChI=1S/C30H30ClF2N3O2/c1-29(34)11-10-17-20(29)13-18(28(37)35-2)25(27(17)33)24-19-15-30(23-9-6-12-36-23,16-7-4-3-5-8-16)38-22(19)14-21(32)26(24)31/h3-5,7-8,13-14,23,36H,6,9-12,15,34H2,1-2H3,(H,35,37)/t23-,29?,30-/m0/s1. The highest BCUT2D eigenvalue weighted by molar-refractivity contribution is 6.34. The first-order valence-corrected chi connectivity index (χ1v) is 13.4. The van der Waals surface area contributed by atoms with Gasteiger partial charge < -0.3 is 21.1 Å². The van der Waals surface area contributed by atoms with Gasteiger partial charge in [-0.1, -0.05) is 41.9 Å². The second kappa shape index (κ2) is 9.04. The first-order valence-electron chi connectivity index (χ1n) is 13.0. The van der Waals surface area contributed by atoms with Crippen LogP contribution in [0.4, 0.5) is 8.78 Å². The van der Waals surface area contributed by atoms with Crippen LogP contribution in [0.5, 0.6) is 5.75 Å². The van der Waals surface area contributed by atoms with E-state index in [1.807, 2.05) is 37.3 Å². The summed E-state index contributed by atoms with van der Waals surface area (Å²) in [6.45, 7) is 2.67. The number of benzene rings is 3. The molecule has 4 N–H and O–H groups in total. The Morgan fingerprint density at radius 2 is 1.95 bits per heavy atom. The normalized spacial score (nSPS) is 25.7. The van der Waals surface area contributed by atoms with Crippen LogP contribution in [-0.4, -0.2) is 25.5 Å². The number of ether oxygens (including phenoxy) is 1. The summed E-state index contributed by atoms with van der Waals surface area (Å²) in [6.07, 6.45) is 3.16. The molecule has 38 heavy (non-hydrogen) atoms. The number of amides is 1. The van der Waals surface area contributed by atoms with Crippen LogP contribution in [0.25, 0.3) is 11.1 Å². The lowest BCUT2D eigenvalue weighted by Crippen LogP contribution is -2.48. The van der Waals surface area contributed by atoms with Crippen LogP contribution in [-0.2, 0) is 24.0 Å². The van der Waals surface area contributed by atoms with Gasteiger partial charge in [0.25, 0.3) is 5.91 Å². The minimum atomic E-state index is -0.831. The van der Waals surface area contributed by atoms with Crippen molar-refractivity contribution in [2.24, 2.45) is 5.73 Å². The zero-order valence-electron chi connectivity index (χ0n) is 21.4. The smallest absolute Gasteiger partial charge is 0.251 e. The van der Waals surface area contributed by atoms with E-state index in [-0.39, 0.29) is 27.8 Å². The zero-order valence-corrected chi connectivity index (χ0v) is 22.1. The topological polar surface area (TPSA) is 76.4 Å². The molecule has 3 atom stereocenters. The Morgan fingerprint density at radius 1 is 1.18 bits per heavy atom. The molecule has 1 aliphatic carbocycles. The number of hydrogen-bond acceptors (Lipinski definition) is 4. The van der Waals surface area contributed by atoms with E-state index in [9.17, 15) is 4.79 Å². The van der Waals surface area contributed by atoms with Crippen molar-refractivity contribution in [2.75, 3.05) is 13.6 Å². The Hall–Kier alpha value is -3.00. The Labute approximate surface area is 225 Å². The van der Waals surface area contributed by atoms with Crippen LogP contribution in [0.15, 0.2) is 42.5 Å². The van der Waals surface area contributed by atoms with Gasteiger partial charge >= 0.3 is 0 Å². The van der Waals surface area contributed by atoms with Gasteiger partial charge in [0.1, 0.15) is 17.4 Å². The third-order valence-corrected chi connectivity index (χ3v) is 8.87. The first kappa shape index (κ1) is 25.3. The molecular weight excluding hydrogens is 508 g/mol. The lowest BCUT2D eigenvalue weighted by Gasteiger charge is -2.35. The van der Waals surface area contributed by atoms with E-state index in [2.05, 4.69) is 10.6 Å². The summed E-state index contributed by atoms with van der Waals surface area (Å²) in [5, 5.41) is 5.92. The van der Waals surface area contributed by atoms with Crippen LogP contribution in [0, 0.1) is 11.6 Å². The number of nitrogens with one attached hydrogen (secondary N) is 2. The molecule has 0 radical (unpaired) electrons. The number of halogens is 3. The number of carbonyl (C=O) groups excluding carboxylic acids is 1. The van der Waals surface area contributed by atoms with Crippen molar-refractivity contribution >= 4 is 17.5 Å². The number of carbonyl (C=O) groups is 1. The number of rotatable bonds is 4. The molecule has 0 saturated carbocycles. The fourth-order valence-corrected chi connectivity index (χ4v) is 6.81. The molecule has 8 heteroatoms. The van der Waals surface area contributed by atoms with Gasteiger partial charge in [-0.05, 0) is 61.9 Å². The van der Waals surface area contributed by atoms with E-state index in [1.54, 1.807) is 6.07 Å². The van der Waals surface area contributed by atoms with E-state index >= 15 is 8.78 Å². The van der Waals surface area contributed by atoms with Crippen LogP contribution in [0.1, 0.15) is 58.8 Å². The van der Waals surface area contributed by atoms with Gasteiger partial charge in [-0.3, -0.25) is 4.79 Å². The highest BCUT2D eigenvalue weighted by Gasteiger charge is 2.50. The van der Waals surface area contributed by atoms with Gasteiger partial charge in [0.15, 0.2) is 5.60 Å². The quantitative estimate of drug-likeness (QED) is 0.419. The highest BCUT2D eigenvalue weighted by Crippen LogP contribution is 2.53. The zero-order chi connectivity index (χ0) is 26.8. The maximum Gasteiger partial charge on any atom is 0.251 e. The molecular formula is C30H30ClF2N3O2. The predicted octanol–water partition coefficient (Wildman–Crippen LogP) is 5.35. The van der Waals surface area contributed by atoms with Crippen molar-refractivity contribution in [1.29, 1.82) is 0 Å². The minimum Gasteiger partial charge on any atom is -0.480 e. The largest absolute Gasteiger partial charge is 0.480 e. The van der Waals surface area contributed by atoms with Crippen LogP contribution < -0.4 is 21.1 Å². The molecule has 1 saturated heterocycles. The summed E-state index contributed by atoms with van der Waals surface area (Å²) in [7, 11) is 1.48. The maximum absolute atomic E-state index is 16.5. The Bertz CT molecular complexity index is 1450. The van der Waals surface area contributed by atoms with Crippen molar-refractivity contribution in [3.05, 3.63) is 86.9 Å². The summed E-state index contributed by atoms with van der Waals surface area (Å²) in [5.74, 6) is -1.49. The average molecular weight is 538 g/mol. The van der Waals surface area contributed by atoms with Crippen LogP contribution in [0.2, 0.25) is 5.02 Å². The molecule has 1 fully saturated rings. The SMILES string of the molecule is CNC(=O)c1cc2c(c(F)c1-c1c(Cl)c(F)cc3c1C[C@](c1ccccc1)([C@@H]1CCCN1)O3)CCC2(C)N. The molecule has 1 amide bonds. The predicted molar refractivity (Wildman–Crippen MR) is 144 cm³/mol. The number of hydrogen-bond donors (Lipinski definition) is 3. The van der Waals surface area contributed by atoms with E-state index in [0.29, 0.717) is 41.7 Å². The Morgan fingerprint density at radius 3 is 2.63 bits per heavy atom. The maximum atomic E-state index is 16.5. The van der Waals surface area contributed by atoms with Gasteiger partial charge in [0.2, 0.25) is 0 Å². The number of nitrogens with two attached hydrogens (primary N) is 1. The molecule has 198 valence electrons. The molecule has 0 bridgehead atoms. The summed E-state index contributed by atoms with van der Waals surface area (Å²) < 4.78 is 38.6. The van der Waals surface area contributed by atoms with Gasteiger partial charge in [-0.15, -0.1) is 0 Å². The van der Waals surface area contributed by atoms with Gasteiger partial charge in [0, 0.05) is 41.8 Å². The number of fused-ring (bicyclic) bond motifs is 2. The monoisotopic (exact) mass is 537 g/mol. The molecule has 2 heterocycles. The van der Waals surface area contributed by atoms with Gasteiger partial charge in [-0.25, -0.2) is 8.78 Å². The Balaban J connectivity index is 1.61. The molecule has 0 aromatic heterocycles. The first-order chi connectivity index (χ1) is 18.2. The second-order valence-electron chi connectivity index (χ2n) is 10.8. The van der Waals surface area contributed by atoms with Gasteiger partial charge in [-0.2, -0.15) is 0 Å². The summed E-state index contributed by atoms with van der Waals surface area (Å²) in [6, 6.07) is 12.7. The third kappa shape index (κ3) is 3.67. The molecule has 6 rings (SSSR count). The Kier molecular flexibility index (Phi) is 6.02. The van der Waals surface area contributed by atoms with Crippen molar-refractivity contribution in [3.63, 3.8) is 0 Å². The van der Waals surface area contributed by atoms with Crippen molar-refractivity contribution in [3.8, 4) is 16.9 Å². The summed E-state index contributed by atoms with van der Waals surface area (Å²) >= 11 is 6.64. The van der Waals surface area contributed by atoms with Crippen LogP contribution >= 0.6 is 11.6 Å². The van der Waals surface area contributed by atoms with E-state index in [0.717, 1.165) is 24.9 Å². The van der Waals surface area contributed by atoms with Crippen molar-refractivity contribution in [2.45, 2.75) is 56.2 Å². The lowest BCUT2D eigenvalue weighted by atomic mass is 9.79. The molecule has 0 spiro atoms. The van der Waals surface area contributed by atoms with E-state index in [1.165, 1.54) is 13.1 Å². The second-order valence-corrected chi connectivity index (χ2v) is 11.2. The average Bonchev–Trinajstić information content (AvgIpc) is 3.64. The summed E-state index contributed by atoms with van der Waals surface area (Å²) in [5.41, 5.74) is 7.66. The summed E-state index contributed by atoms with van der Waals surface area (Å²) in [4.78, 5) is 13.1. The third-order valence-electron chi connectivity index (χ3n) is 8.50. The van der Waals surface area contributed by atoms with E-state index in [4.69, 9.17) is 22.1 Å². The molecule has 1 unspecified atom stereocenters. The van der Waals surface area contributed by atoms with Gasteiger partial charge in [0.05, 0.1) is 16.6 Å². The van der Waals surface area contributed by atoms with Crippen molar-refractivity contribution < 1.29 is 18.3 Å². The van der Waals surface area contributed by atoms with Crippen molar-refractivity contribution in [1.82, 2.24) is 10.6 Å². The fourth-order valence-electron chi connectivity index (χ4n) is 6.54. The lowest BCUT2D eigenvalue weighted by molar-refractivity contribution is 0.0539. The molecule has 3 aliphatic rings. The molecule has 2 aliphatic heterocycles. The highest BCUT2D eigenvalue weighted by atomic mass is 35.5. The minimum absolute atomic E-state index is 0.00612. The molecule has 3 aromatic carbocycles. The van der Waals surface area contributed by atoms with Crippen LogP contribution in [0.3, 0.4) is 0 Å². The van der Waals surface area contributed by atoms with E-state index < -0.39 is 28.7 Å². The molecule has 5 nitrogen and oxygen atoms in total. The molecule has 3 aromatic rings. The fraction of sp³-hybridized carbons (Fsp3) is 0.367.